The average Bonchev–Trinajstić information content (AvgIpc) is 3.25. The van der Waals surface area contributed by atoms with Crippen LogP contribution in [-0.4, -0.2) is 51.9 Å². The molecule has 0 unspecified atom stereocenters. The molecule has 5 rings (SSSR count). The Labute approximate surface area is 213 Å². The number of carbonyl (C=O) groups excluding carboxylic acids is 1. The van der Waals surface area contributed by atoms with Crippen LogP contribution in [0.5, 0.6) is 5.88 Å². The summed E-state index contributed by atoms with van der Waals surface area (Å²) in [5, 5.41) is 4.51. The van der Waals surface area contributed by atoms with Crippen molar-refractivity contribution in [1.82, 2.24) is 19.7 Å². The summed E-state index contributed by atoms with van der Waals surface area (Å²) in [6.45, 7) is 3.55. The Balaban J connectivity index is 1.39. The van der Waals surface area contributed by atoms with Crippen LogP contribution in [-0.2, 0) is 26.3 Å². The number of carbonyl (C=O) groups is 1. The van der Waals surface area contributed by atoms with Gasteiger partial charge in [-0.3, -0.25) is 9.58 Å². The number of aromatic nitrogens is 3. The Morgan fingerprint density at radius 1 is 1.14 bits per heavy atom. The maximum atomic E-state index is 13.8. The lowest BCUT2D eigenvalue weighted by atomic mass is 10.0. The molecule has 0 radical (unpaired) electrons. The second-order valence-electron chi connectivity index (χ2n) is 9.49. The van der Waals surface area contributed by atoms with E-state index in [1.807, 2.05) is 13.0 Å². The van der Waals surface area contributed by atoms with Crippen molar-refractivity contribution in [2.45, 2.75) is 45.1 Å². The lowest BCUT2D eigenvalue weighted by Gasteiger charge is -2.43. The van der Waals surface area contributed by atoms with Gasteiger partial charge in [-0.05, 0) is 43.0 Å². The fourth-order valence-electron chi connectivity index (χ4n) is 5.35. The molecule has 1 fully saturated rings. The van der Waals surface area contributed by atoms with Crippen LogP contribution in [0.15, 0.2) is 42.7 Å². The highest BCUT2D eigenvalue weighted by molar-refractivity contribution is 5.94. The number of fused-ring (bicyclic) bond motifs is 1. The van der Waals surface area contributed by atoms with Gasteiger partial charge in [0.05, 0.1) is 31.5 Å². The van der Waals surface area contributed by atoms with Gasteiger partial charge in [0.2, 0.25) is 5.88 Å². The van der Waals surface area contributed by atoms with Gasteiger partial charge < -0.3 is 14.5 Å². The van der Waals surface area contributed by atoms with Crippen molar-refractivity contribution >= 4 is 17.4 Å². The first kappa shape index (κ1) is 24.9. The van der Waals surface area contributed by atoms with Crippen LogP contribution in [0.25, 0.3) is 0 Å². The number of benzene rings is 1. The first-order chi connectivity index (χ1) is 17.7. The number of halogens is 3. The Kier molecular flexibility index (Phi) is 6.47. The third-order valence-corrected chi connectivity index (χ3v) is 7.13. The minimum absolute atomic E-state index is 0.0500. The number of rotatable bonds is 5. The monoisotopic (exact) mass is 514 g/mol. The van der Waals surface area contributed by atoms with E-state index in [1.165, 1.54) is 17.0 Å². The van der Waals surface area contributed by atoms with E-state index in [-0.39, 0.29) is 24.2 Å². The molecule has 2 aromatic heterocycles. The number of pyridine rings is 1. The predicted molar refractivity (Wildman–Crippen MR) is 133 cm³/mol. The van der Waals surface area contributed by atoms with Crippen molar-refractivity contribution in [3.8, 4) is 5.88 Å². The summed E-state index contributed by atoms with van der Waals surface area (Å²) >= 11 is 0. The van der Waals surface area contributed by atoms with E-state index in [9.17, 15) is 18.0 Å². The summed E-state index contributed by atoms with van der Waals surface area (Å²) in [4.78, 5) is 23.5. The van der Waals surface area contributed by atoms with Crippen LogP contribution < -0.4 is 14.5 Å². The fraction of sp³-hybridized carbons (Fsp3) is 0.423. The number of ether oxygens (including phenoxy) is 1. The molecule has 0 atom stereocenters. The van der Waals surface area contributed by atoms with Crippen molar-refractivity contribution in [2.24, 2.45) is 7.05 Å². The summed E-state index contributed by atoms with van der Waals surface area (Å²) < 4.78 is 48.1. The molecule has 0 aliphatic carbocycles. The number of methoxy groups -OCH3 is 1. The van der Waals surface area contributed by atoms with E-state index in [2.05, 4.69) is 15.0 Å². The molecule has 0 saturated carbocycles. The minimum Gasteiger partial charge on any atom is -0.480 e. The van der Waals surface area contributed by atoms with Gasteiger partial charge in [-0.15, -0.1) is 0 Å². The molecule has 2 aliphatic heterocycles. The van der Waals surface area contributed by atoms with Crippen molar-refractivity contribution < 1.29 is 22.7 Å². The van der Waals surface area contributed by atoms with Crippen LogP contribution in [0.2, 0.25) is 0 Å². The molecule has 2 amide bonds. The SMILES string of the molecule is COc1nccc(C)c1N1CCC(N2Cc3nn(C)cc3N(Cc3ccccc3C(F)(F)F)C2=O)CC1. The van der Waals surface area contributed by atoms with Gasteiger partial charge in [-0.25, -0.2) is 9.78 Å². The van der Waals surface area contributed by atoms with Crippen LogP contribution in [0.1, 0.15) is 35.2 Å². The van der Waals surface area contributed by atoms with Crippen molar-refractivity contribution in [3.63, 3.8) is 0 Å². The zero-order chi connectivity index (χ0) is 26.3. The summed E-state index contributed by atoms with van der Waals surface area (Å²) in [5.41, 5.74) is 2.55. The Bertz CT molecular complexity index is 1300. The number of piperidine rings is 1. The third-order valence-electron chi connectivity index (χ3n) is 7.13. The second-order valence-corrected chi connectivity index (χ2v) is 9.49. The molecule has 37 heavy (non-hydrogen) atoms. The predicted octanol–water partition coefficient (Wildman–Crippen LogP) is 4.76. The lowest BCUT2D eigenvalue weighted by molar-refractivity contribution is -0.138. The number of alkyl halides is 3. The summed E-state index contributed by atoms with van der Waals surface area (Å²) in [6.07, 6.45) is 0.315. The molecule has 196 valence electrons. The fourth-order valence-corrected chi connectivity index (χ4v) is 5.35. The van der Waals surface area contributed by atoms with E-state index in [0.717, 1.165) is 17.3 Å². The lowest BCUT2D eigenvalue weighted by Crippen LogP contribution is -2.54. The van der Waals surface area contributed by atoms with Gasteiger partial charge in [0.15, 0.2) is 0 Å². The topological polar surface area (TPSA) is 66.7 Å². The van der Waals surface area contributed by atoms with E-state index >= 15 is 0 Å². The normalized spacial score (nSPS) is 16.8. The number of aryl methyl sites for hydroxylation is 2. The van der Waals surface area contributed by atoms with Gasteiger partial charge in [-0.2, -0.15) is 18.3 Å². The van der Waals surface area contributed by atoms with Crippen LogP contribution in [0, 0.1) is 6.92 Å². The largest absolute Gasteiger partial charge is 0.480 e. The number of hydrogen-bond acceptors (Lipinski definition) is 5. The van der Waals surface area contributed by atoms with E-state index in [4.69, 9.17) is 4.74 Å². The molecular formula is C26H29F3N6O2. The standard InChI is InChI=1S/C26H29F3N6O2/c1-17-8-11-30-24(37-3)23(17)33-12-9-19(10-13-33)34-15-21-22(16-32(2)31-21)35(25(34)36)14-18-6-4-5-7-20(18)26(27,28)29/h4-8,11,16,19H,9-10,12-15H2,1-3H3. The van der Waals surface area contributed by atoms with Crippen LogP contribution in [0.3, 0.4) is 0 Å². The Morgan fingerprint density at radius 2 is 1.86 bits per heavy atom. The van der Waals surface area contributed by atoms with E-state index in [1.54, 1.807) is 42.2 Å². The number of hydrogen-bond donors (Lipinski definition) is 0. The number of amides is 2. The molecule has 4 heterocycles. The molecule has 0 spiro atoms. The minimum atomic E-state index is -4.51. The maximum absolute atomic E-state index is 13.8. The van der Waals surface area contributed by atoms with Crippen molar-refractivity contribution in [2.75, 3.05) is 30.0 Å². The molecule has 1 aromatic carbocycles. The summed E-state index contributed by atoms with van der Waals surface area (Å²) in [6, 6.07) is 6.97. The molecule has 2 aliphatic rings. The third kappa shape index (κ3) is 4.70. The summed E-state index contributed by atoms with van der Waals surface area (Å²) in [5.74, 6) is 0.570. The number of urea groups is 1. The van der Waals surface area contributed by atoms with Gasteiger partial charge in [0, 0.05) is 38.6 Å². The maximum Gasteiger partial charge on any atom is 0.416 e. The highest BCUT2D eigenvalue weighted by Crippen LogP contribution is 2.37. The van der Waals surface area contributed by atoms with E-state index in [0.29, 0.717) is 49.7 Å². The summed E-state index contributed by atoms with van der Waals surface area (Å²) in [7, 11) is 3.34. The quantitative estimate of drug-likeness (QED) is 0.491. The van der Waals surface area contributed by atoms with Crippen LogP contribution >= 0.6 is 0 Å². The molecular weight excluding hydrogens is 485 g/mol. The van der Waals surface area contributed by atoms with Crippen LogP contribution in [0.4, 0.5) is 29.3 Å². The highest BCUT2D eigenvalue weighted by atomic mass is 19.4. The molecule has 8 nitrogen and oxygen atoms in total. The van der Waals surface area contributed by atoms with Crippen molar-refractivity contribution in [1.29, 1.82) is 0 Å². The molecule has 11 heteroatoms. The molecule has 0 bridgehead atoms. The molecule has 0 N–H and O–H groups in total. The smallest absolute Gasteiger partial charge is 0.416 e. The zero-order valence-corrected chi connectivity index (χ0v) is 21.0. The average molecular weight is 515 g/mol. The van der Waals surface area contributed by atoms with Gasteiger partial charge in [0.1, 0.15) is 11.4 Å². The number of anilines is 2. The number of nitrogens with zero attached hydrogens (tertiary/aromatic N) is 6. The van der Waals surface area contributed by atoms with Gasteiger partial charge >= 0.3 is 12.2 Å². The van der Waals surface area contributed by atoms with Crippen molar-refractivity contribution in [3.05, 3.63) is 65.1 Å². The zero-order valence-electron chi connectivity index (χ0n) is 21.0. The Hall–Kier alpha value is -3.76. The van der Waals surface area contributed by atoms with Gasteiger partial charge in [-0.1, -0.05) is 18.2 Å². The highest BCUT2D eigenvalue weighted by Gasteiger charge is 2.40. The molecule has 3 aromatic rings. The molecule has 1 saturated heterocycles. The first-order valence-corrected chi connectivity index (χ1v) is 12.2. The first-order valence-electron chi connectivity index (χ1n) is 12.2. The Morgan fingerprint density at radius 3 is 2.57 bits per heavy atom. The van der Waals surface area contributed by atoms with E-state index < -0.39 is 11.7 Å². The second kappa shape index (κ2) is 9.60. The van der Waals surface area contributed by atoms with Gasteiger partial charge in [0.25, 0.3) is 0 Å².